The smallest absolute Gasteiger partial charge is 0.0726 e. The number of benzene rings is 8. The van der Waals surface area contributed by atoms with Crippen molar-refractivity contribution in [1.29, 1.82) is 0 Å². The van der Waals surface area contributed by atoms with Gasteiger partial charge < -0.3 is 4.90 Å². The van der Waals surface area contributed by atoms with Crippen LogP contribution in [0.4, 0.5) is 17.1 Å². The maximum Gasteiger partial charge on any atom is 0.0726 e. The van der Waals surface area contributed by atoms with Gasteiger partial charge in [-0.25, -0.2) is 0 Å². The topological polar surface area (TPSA) is 3.24 Å². The highest BCUT2D eigenvalue weighted by Crippen LogP contribution is 2.63. The van der Waals surface area contributed by atoms with Gasteiger partial charge in [-0.2, -0.15) is 0 Å². The molecule has 8 aromatic carbocycles. The second-order valence-corrected chi connectivity index (χ2v) is 12.9. The van der Waals surface area contributed by atoms with Crippen molar-refractivity contribution in [2.24, 2.45) is 0 Å². The number of nitrogens with zero attached hydrogens (tertiary/aromatic N) is 1. The predicted octanol–water partition coefficient (Wildman–Crippen LogP) is 12.3. The molecule has 0 heterocycles. The molecule has 0 amide bonds. The molecule has 1 spiro atoms. The quantitative estimate of drug-likeness (QED) is 0.192. The van der Waals surface area contributed by atoms with Crippen LogP contribution in [-0.4, -0.2) is 0 Å². The predicted molar refractivity (Wildman–Crippen MR) is 200 cm³/mol. The average Bonchev–Trinajstić information content (AvgIpc) is 3.61. The van der Waals surface area contributed by atoms with E-state index in [0.29, 0.717) is 0 Å². The number of para-hydroxylation sites is 1. The molecule has 48 heavy (non-hydrogen) atoms. The fraction of sp³-hybridized carbons (Fsp3) is 0.0213. The molecule has 0 bridgehead atoms. The van der Waals surface area contributed by atoms with Crippen molar-refractivity contribution in [2.75, 3.05) is 4.90 Å². The molecule has 2 aliphatic carbocycles. The fourth-order valence-electron chi connectivity index (χ4n) is 8.41. The van der Waals surface area contributed by atoms with Crippen LogP contribution in [0.1, 0.15) is 22.3 Å². The molecule has 0 radical (unpaired) electrons. The third-order valence-corrected chi connectivity index (χ3v) is 10.4. The molecule has 1 unspecified atom stereocenters. The second-order valence-electron chi connectivity index (χ2n) is 12.9. The van der Waals surface area contributed by atoms with Gasteiger partial charge in [0.15, 0.2) is 0 Å². The molecule has 0 saturated carbocycles. The lowest BCUT2D eigenvalue weighted by atomic mass is 9.70. The lowest BCUT2D eigenvalue weighted by molar-refractivity contribution is 0.795. The first-order valence-electron chi connectivity index (χ1n) is 16.7. The Labute approximate surface area is 281 Å². The number of anilines is 3. The molecule has 0 N–H and O–H groups in total. The van der Waals surface area contributed by atoms with Crippen LogP contribution in [0.2, 0.25) is 0 Å². The average molecular weight is 610 g/mol. The van der Waals surface area contributed by atoms with Gasteiger partial charge in [0, 0.05) is 17.1 Å². The Balaban J connectivity index is 1.23. The lowest BCUT2D eigenvalue weighted by Gasteiger charge is -2.32. The van der Waals surface area contributed by atoms with E-state index in [0.717, 1.165) is 17.1 Å². The third kappa shape index (κ3) is 3.79. The Bertz CT molecular complexity index is 2500. The normalized spacial score (nSPS) is 15.2. The van der Waals surface area contributed by atoms with Crippen molar-refractivity contribution >= 4 is 27.8 Å². The first kappa shape index (κ1) is 27.0. The molecule has 0 aromatic heterocycles. The maximum absolute atomic E-state index is 2.47. The van der Waals surface area contributed by atoms with E-state index in [1.807, 2.05) is 0 Å². The highest BCUT2D eigenvalue weighted by atomic mass is 15.1. The Hall–Kier alpha value is -6.18. The second kappa shape index (κ2) is 10.4. The minimum Gasteiger partial charge on any atom is -0.310 e. The highest BCUT2D eigenvalue weighted by Gasteiger charge is 2.51. The lowest BCUT2D eigenvalue weighted by Crippen LogP contribution is -2.26. The highest BCUT2D eigenvalue weighted by molar-refractivity contribution is 6.00. The maximum atomic E-state index is 2.47. The van der Waals surface area contributed by atoms with Gasteiger partial charge in [0.05, 0.1) is 5.41 Å². The number of hydrogen-bond donors (Lipinski definition) is 0. The minimum atomic E-state index is -0.419. The van der Waals surface area contributed by atoms with Crippen LogP contribution in [0.3, 0.4) is 0 Å². The van der Waals surface area contributed by atoms with Gasteiger partial charge in [-0.05, 0) is 115 Å². The molecule has 0 fully saturated rings. The molecule has 1 atom stereocenters. The number of hydrogen-bond acceptors (Lipinski definition) is 1. The summed E-state index contributed by atoms with van der Waals surface area (Å²) in [5, 5.41) is 2.55. The van der Waals surface area contributed by atoms with Crippen LogP contribution in [0.25, 0.3) is 44.2 Å². The van der Waals surface area contributed by atoms with Crippen molar-refractivity contribution in [1.82, 2.24) is 0 Å². The minimum absolute atomic E-state index is 0.419. The van der Waals surface area contributed by atoms with E-state index in [1.165, 1.54) is 66.4 Å². The summed E-state index contributed by atoms with van der Waals surface area (Å²) >= 11 is 0. The largest absolute Gasteiger partial charge is 0.310 e. The summed E-state index contributed by atoms with van der Waals surface area (Å²) < 4.78 is 0. The first-order valence-corrected chi connectivity index (χ1v) is 16.7. The van der Waals surface area contributed by atoms with Crippen LogP contribution in [0.5, 0.6) is 0 Å². The number of fused-ring (bicyclic) bond motifs is 11. The zero-order valence-electron chi connectivity index (χ0n) is 26.3. The molecule has 10 rings (SSSR count). The molecule has 224 valence electrons. The summed E-state index contributed by atoms with van der Waals surface area (Å²) in [6.07, 6.45) is 0. The Morgan fingerprint density at radius 3 is 1.48 bits per heavy atom. The monoisotopic (exact) mass is 609 g/mol. The summed E-state index contributed by atoms with van der Waals surface area (Å²) in [5.41, 5.74) is 16.1. The molecular formula is C47H31N. The molecule has 2 aliphatic rings. The van der Waals surface area contributed by atoms with Crippen LogP contribution in [0, 0.1) is 0 Å². The van der Waals surface area contributed by atoms with Gasteiger partial charge in [0.1, 0.15) is 0 Å². The molecule has 1 nitrogen and oxygen atoms in total. The van der Waals surface area contributed by atoms with E-state index >= 15 is 0 Å². The number of rotatable bonds is 4. The SMILES string of the molecule is c1ccc(-c2ccc(N(c3ccccc3)c3ccc4c(c3)C3(c5ccccc5-4)c4ccccc4-c4cc5ccccc5cc43)cc2)cc1. The van der Waals surface area contributed by atoms with E-state index in [1.54, 1.807) is 0 Å². The summed E-state index contributed by atoms with van der Waals surface area (Å²) in [7, 11) is 0. The first-order chi connectivity index (χ1) is 23.8. The van der Waals surface area contributed by atoms with Crippen LogP contribution < -0.4 is 4.90 Å². The molecule has 8 aromatic rings. The van der Waals surface area contributed by atoms with Crippen molar-refractivity contribution in [3.63, 3.8) is 0 Å². The molecule has 0 aliphatic heterocycles. The van der Waals surface area contributed by atoms with E-state index in [-0.39, 0.29) is 0 Å². The third-order valence-electron chi connectivity index (χ3n) is 10.4. The Morgan fingerprint density at radius 2 is 0.771 bits per heavy atom. The van der Waals surface area contributed by atoms with Gasteiger partial charge in [-0.15, -0.1) is 0 Å². The zero-order valence-corrected chi connectivity index (χ0v) is 26.3. The Kier molecular flexibility index (Phi) is 5.86. The van der Waals surface area contributed by atoms with Crippen molar-refractivity contribution in [3.8, 4) is 33.4 Å². The van der Waals surface area contributed by atoms with Crippen molar-refractivity contribution < 1.29 is 0 Å². The van der Waals surface area contributed by atoms with Crippen LogP contribution in [-0.2, 0) is 5.41 Å². The molecule has 1 heteroatoms. The van der Waals surface area contributed by atoms with Gasteiger partial charge in [-0.3, -0.25) is 0 Å². The van der Waals surface area contributed by atoms with Gasteiger partial charge in [0.25, 0.3) is 0 Å². The van der Waals surface area contributed by atoms with Crippen LogP contribution in [0.15, 0.2) is 188 Å². The van der Waals surface area contributed by atoms with E-state index < -0.39 is 5.41 Å². The van der Waals surface area contributed by atoms with Gasteiger partial charge in [0.2, 0.25) is 0 Å². The van der Waals surface area contributed by atoms with Gasteiger partial charge >= 0.3 is 0 Å². The van der Waals surface area contributed by atoms with Crippen molar-refractivity contribution in [2.45, 2.75) is 5.41 Å². The molecular weight excluding hydrogens is 579 g/mol. The summed E-state index contributed by atoms with van der Waals surface area (Å²) in [5.74, 6) is 0. The van der Waals surface area contributed by atoms with Crippen molar-refractivity contribution in [3.05, 3.63) is 210 Å². The Morgan fingerprint density at radius 1 is 0.292 bits per heavy atom. The fourth-order valence-corrected chi connectivity index (χ4v) is 8.41. The standard InChI is InChI=1S/C47H31N/c1-3-13-32(14-4-1)33-23-25-37(26-24-33)48(36-17-5-2-6-18-36)38-27-28-41-39-19-9-11-21-43(39)47(46(41)31-38)44-22-12-10-20-40(44)42-29-34-15-7-8-16-35(34)30-45(42)47/h1-31H. The summed E-state index contributed by atoms with van der Waals surface area (Å²) in [6, 6.07) is 69.2. The van der Waals surface area contributed by atoms with E-state index in [9.17, 15) is 0 Å². The summed E-state index contributed by atoms with van der Waals surface area (Å²) in [4.78, 5) is 2.40. The van der Waals surface area contributed by atoms with E-state index in [2.05, 4.69) is 193 Å². The van der Waals surface area contributed by atoms with Crippen LogP contribution >= 0.6 is 0 Å². The van der Waals surface area contributed by atoms with Gasteiger partial charge in [-0.1, -0.05) is 140 Å². The zero-order chi connectivity index (χ0) is 31.7. The summed E-state index contributed by atoms with van der Waals surface area (Å²) in [6.45, 7) is 0. The molecule has 0 saturated heterocycles. The van der Waals surface area contributed by atoms with E-state index in [4.69, 9.17) is 0 Å².